The number of halogens is 1. The second-order valence-electron chi connectivity index (χ2n) is 11.1. The standard InChI is InChI=1S/C28H30ClN7OS/c1-15(20-7-5-11-35(20)2)36-14-19(29)18-13-32-26(33-27(18)36)23-16-6-3-9-28(24(16)37-34-23)10-4-8-21-22(28)17(12-30)25(31)38-21/h13-15,20H,3-11,31H2,1-2H3. The van der Waals surface area contributed by atoms with E-state index in [0.717, 1.165) is 79.4 Å². The molecular formula is C28H30ClN7OS. The van der Waals surface area contributed by atoms with Crippen molar-refractivity contribution in [3.8, 4) is 17.6 Å². The average Bonchev–Trinajstić information content (AvgIpc) is 3.68. The highest BCUT2D eigenvalue weighted by Gasteiger charge is 2.48. The van der Waals surface area contributed by atoms with E-state index < -0.39 is 0 Å². The van der Waals surface area contributed by atoms with Crippen molar-refractivity contribution in [1.29, 1.82) is 5.26 Å². The molecule has 0 radical (unpaired) electrons. The van der Waals surface area contributed by atoms with Gasteiger partial charge in [0.05, 0.1) is 21.4 Å². The first-order valence-electron chi connectivity index (χ1n) is 13.5. The normalized spacial score (nSPS) is 24.0. The summed E-state index contributed by atoms with van der Waals surface area (Å²) in [6, 6.07) is 3.05. The van der Waals surface area contributed by atoms with Gasteiger partial charge in [-0.05, 0) is 77.4 Å². The summed E-state index contributed by atoms with van der Waals surface area (Å²) in [6.45, 7) is 3.35. The van der Waals surface area contributed by atoms with Gasteiger partial charge in [0.1, 0.15) is 16.7 Å². The number of nitrogens with zero attached hydrogens (tertiary/aromatic N) is 6. The van der Waals surface area contributed by atoms with Crippen LogP contribution in [0.2, 0.25) is 5.02 Å². The monoisotopic (exact) mass is 547 g/mol. The Bertz CT molecular complexity index is 1610. The predicted octanol–water partition coefficient (Wildman–Crippen LogP) is 5.87. The Kier molecular flexibility index (Phi) is 5.59. The number of nitriles is 1. The van der Waals surface area contributed by atoms with Crippen LogP contribution in [-0.2, 0) is 18.3 Å². The van der Waals surface area contributed by atoms with Crippen molar-refractivity contribution >= 4 is 39.0 Å². The van der Waals surface area contributed by atoms with Gasteiger partial charge in [0.25, 0.3) is 0 Å². The second kappa shape index (κ2) is 8.80. The number of aromatic nitrogens is 4. The summed E-state index contributed by atoms with van der Waals surface area (Å²) in [5, 5.41) is 16.7. The lowest BCUT2D eigenvalue weighted by molar-refractivity contribution is 0.242. The molecule has 0 amide bonds. The largest absolute Gasteiger partial charge is 0.389 e. The van der Waals surface area contributed by atoms with Crippen LogP contribution in [0.4, 0.5) is 5.00 Å². The summed E-state index contributed by atoms with van der Waals surface area (Å²) < 4.78 is 8.37. The number of likely N-dealkylation sites (N-methyl/N-ethyl adjacent to an activating group) is 1. The number of nitrogens with two attached hydrogens (primary N) is 1. The minimum Gasteiger partial charge on any atom is -0.389 e. The van der Waals surface area contributed by atoms with E-state index in [1.54, 1.807) is 11.3 Å². The Balaban J connectivity index is 1.35. The molecule has 3 unspecified atom stereocenters. The van der Waals surface area contributed by atoms with Crippen molar-refractivity contribution < 1.29 is 4.52 Å². The zero-order valence-corrected chi connectivity index (χ0v) is 23.2. The summed E-state index contributed by atoms with van der Waals surface area (Å²) in [5.41, 5.74) is 10.2. The topological polar surface area (TPSA) is 110 Å². The molecule has 3 atom stereocenters. The molecule has 1 saturated heterocycles. The molecule has 4 aromatic heterocycles. The van der Waals surface area contributed by atoms with Crippen LogP contribution >= 0.6 is 22.9 Å². The smallest absolute Gasteiger partial charge is 0.184 e. The molecule has 0 aromatic carbocycles. The zero-order chi connectivity index (χ0) is 26.2. The molecule has 7 rings (SSSR count). The van der Waals surface area contributed by atoms with Gasteiger partial charge in [-0.1, -0.05) is 16.8 Å². The molecule has 2 N–H and O–H groups in total. The van der Waals surface area contributed by atoms with Gasteiger partial charge in [0.2, 0.25) is 0 Å². The van der Waals surface area contributed by atoms with Crippen molar-refractivity contribution in [1.82, 2.24) is 24.6 Å². The molecule has 1 aliphatic heterocycles. The first-order chi connectivity index (χ1) is 18.4. The first kappa shape index (κ1) is 24.1. The number of hydrogen-bond acceptors (Lipinski definition) is 8. The van der Waals surface area contributed by atoms with E-state index >= 15 is 0 Å². The Morgan fingerprint density at radius 1 is 1.29 bits per heavy atom. The third-order valence-corrected chi connectivity index (χ3v) is 10.5. The van der Waals surface area contributed by atoms with Gasteiger partial charge in [-0.2, -0.15) is 5.26 Å². The molecule has 3 aliphatic rings. The fourth-order valence-corrected chi connectivity index (χ4v) is 8.76. The van der Waals surface area contributed by atoms with Gasteiger partial charge in [-0.25, -0.2) is 9.97 Å². The molecular weight excluding hydrogens is 518 g/mol. The molecule has 0 bridgehead atoms. The van der Waals surface area contributed by atoms with Gasteiger partial charge in [-0.15, -0.1) is 11.3 Å². The van der Waals surface area contributed by atoms with E-state index in [2.05, 4.69) is 34.7 Å². The van der Waals surface area contributed by atoms with Crippen LogP contribution in [0.15, 0.2) is 16.9 Å². The number of hydrogen-bond donors (Lipinski definition) is 1. The minimum absolute atomic E-state index is 0.226. The molecule has 1 fully saturated rings. The minimum atomic E-state index is -0.360. The maximum Gasteiger partial charge on any atom is 0.184 e. The van der Waals surface area contributed by atoms with Crippen molar-refractivity contribution in [2.45, 2.75) is 75.8 Å². The maximum atomic E-state index is 9.97. The molecule has 2 aliphatic carbocycles. The van der Waals surface area contributed by atoms with Crippen LogP contribution < -0.4 is 5.73 Å². The van der Waals surface area contributed by atoms with Crippen LogP contribution in [0.5, 0.6) is 0 Å². The van der Waals surface area contributed by atoms with Crippen LogP contribution in [0, 0.1) is 11.3 Å². The van der Waals surface area contributed by atoms with Crippen molar-refractivity contribution in [3.63, 3.8) is 0 Å². The molecule has 8 nitrogen and oxygen atoms in total. The fourth-order valence-electron chi connectivity index (χ4n) is 7.36. The highest BCUT2D eigenvalue weighted by molar-refractivity contribution is 7.16. The van der Waals surface area contributed by atoms with Crippen LogP contribution in [-0.4, -0.2) is 44.2 Å². The third-order valence-electron chi connectivity index (χ3n) is 9.17. The second-order valence-corrected chi connectivity index (χ2v) is 12.7. The number of fused-ring (bicyclic) bond motifs is 5. The Morgan fingerprint density at radius 2 is 2.11 bits per heavy atom. The maximum absolute atomic E-state index is 9.97. The van der Waals surface area contributed by atoms with E-state index in [1.807, 2.05) is 12.4 Å². The van der Waals surface area contributed by atoms with Crippen molar-refractivity contribution in [2.24, 2.45) is 0 Å². The quantitative estimate of drug-likeness (QED) is 0.341. The third kappa shape index (κ3) is 3.33. The Hall–Kier alpha value is -2.93. The number of likely N-dealkylation sites (tertiary alicyclic amines) is 1. The molecule has 0 saturated carbocycles. The SMILES string of the molecule is CC(C1CCCN1C)n1cc(Cl)c2cnc(-c3noc4c3CCCC43CCCc4sc(N)c(C#N)c43)nc21. The average molecular weight is 548 g/mol. The summed E-state index contributed by atoms with van der Waals surface area (Å²) in [4.78, 5) is 13.4. The van der Waals surface area contributed by atoms with E-state index in [9.17, 15) is 5.26 Å². The molecule has 4 aromatic rings. The summed E-state index contributed by atoms with van der Waals surface area (Å²) in [7, 11) is 2.19. The van der Waals surface area contributed by atoms with Crippen LogP contribution in [0.25, 0.3) is 22.6 Å². The van der Waals surface area contributed by atoms with Crippen molar-refractivity contribution in [3.05, 3.63) is 44.7 Å². The Morgan fingerprint density at radius 3 is 2.87 bits per heavy atom. The summed E-state index contributed by atoms with van der Waals surface area (Å²) >= 11 is 8.20. The van der Waals surface area contributed by atoms with Gasteiger partial charge >= 0.3 is 0 Å². The van der Waals surface area contributed by atoms with Crippen LogP contribution in [0.1, 0.15) is 78.8 Å². The highest BCUT2D eigenvalue weighted by atomic mass is 35.5. The Labute approximate surface area is 230 Å². The lowest BCUT2D eigenvalue weighted by Gasteiger charge is -2.39. The zero-order valence-electron chi connectivity index (χ0n) is 21.6. The van der Waals surface area contributed by atoms with Crippen LogP contribution in [0.3, 0.4) is 0 Å². The first-order valence-corrected chi connectivity index (χ1v) is 14.7. The molecule has 196 valence electrons. The van der Waals surface area contributed by atoms with E-state index in [0.29, 0.717) is 33.1 Å². The fraction of sp³-hybridized carbons (Fsp3) is 0.500. The molecule has 10 heteroatoms. The predicted molar refractivity (Wildman–Crippen MR) is 149 cm³/mol. The van der Waals surface area contributed by atoms with Gasteiger partial charge in [-0.3, -0.25) is 0 Å². The number of anilines is 1. The highest BCUT2D eigenvalue weighted by Crippen LogP contribution is 2.55. The van der Waals surface area contributed by atoms with Crippen molar-refractivity contribution in [2.75, 3.05) is 19.3 Å². The van der Waals surface area contributed by atoms with E-state index in [-0.39, 0.29) is 11.5 Å². The summed E-state index contributed by atoms with van der Waals surface area (Å²) in [6.07, 6.45) is 11.8. The molecule has 5 heterocycles. The number of rotatable bonds is 3. The van der Waals surface area contributed by atoms with Gasteiger partial charge < -0.3 is 19.7 Å². The lowest BCUT2D eigenvalue weighted by atomic mass is 9.63. The van der Waals surface area contributed by atoms with E-state index in [1.165, 1.54) is 11.3 Å². The number of nitrogen functional groups attached to an aromatic ring is 1. The number of thiophene rings is 1. The van der Waals surface area contributed by atoms with Gasteiger partial charge in [0, 0.05) is 34.9 Å². The summed E-state index contributed by atoms with van der Waals surface area (Å²) in [5.74, 6) is 1.43. The molecule has 38 heavy (non-hydrogen) atoms. The lowest BCUT2D eigenvalue weighted by Crippen LogP contribution is -2.35. The number of aryl methyl sites for hydroxylation is 1. The van der Waals surface area contributed by atoms with E-state index in [4.69, 9.17) is 31.8 Å². The molecule has 1 spiro atoms. The van der Waals surface area contributed by atoms with Gasteiger partial charge in [0.15, 0.2) is 17.3 Å².